The van der Waals surface area contributed by atoms with Crippen LogP contribution in [0.5, 0.6) is 0 Å². The summed E-state index contributed by atoms with van der Waals surface area (Å²) in [5.74, 6) is 0. The molecular formula is C21H26N2O2S. The van der Waals surface area contributed by atoms with E-state index in [1.54, 1.807) is 10.4 Å². The monoisotopic (exact) mass is 370 g/mol. The molecule has 0 radical (unpaired) electrons. The first-order valence-corrected chi connectivity index (χ1v) is 10.6. The van der Waals surface area contributed by atoms with Crippen LogP contribution in [0.15, 0.2) is 66.1 Å². The Morgan fingerprint density at radius 2 is 1.46 bits per heavy atom. The van der Waals surface area contributed by atoms with Crippen LogP contribution in [0.25, 0.3) is 6.08 Å². The van der Waals surface area contributed by atoms with Crippen LogP contribution in [0, 0.1) is 0 Å². The lowest BCUT2D eigenvalue weighted by Crippen LogP contribution is -2.48. The second-order valence-corrected chi connectivity index (χ2v) is 8.41. The molecule has 1 aliphatic heterocycles. The largest absolute Gasteiger partial charge is 0.301 e. The van der Waals surface area contributed by atoms with Gasteiger partial charge in [-0.25, -0.2) is 8.42 Å². The van der Waals surface area contributed by atoms with E-state index in [2.05, 4.69) is 29.2 Å². The van der Waals surface area contributed by atoms with Crippen molar-refractivity contribution in [2.45, 2.75) is 12.8 Å². The van der Waals surface area contributed by atoms with Crippen molar-refractivity contribution in [3.8, 4) is 0 Å². The number of hydrogen-bond donors (Lipinski definition) is 0. The molecule has 0 bridgehead atoms. The Hall–Kier alpha value is -1.95. The smallest absolute Gasteiger partial charge is 0.236 e. The van der Waals surface area contributed by atoms with Crippen molar-refractivity contribution in [2.75, 3.05) is 32.7 Å². The van der Waals surface area contributed by atoms with Gasteiger partial charge in [-0.05, 0) is 36.6 Å². The summed E-state index contributed by atoms with van der Waals surface area (Å²) in [5, 5.41) is 1.33. The van der Waals surface area contributed by atoms with Crippen molar-refractivity contribution in [1.29, 1.82) is 0 Å². The lowest BCUT2D eigenvalue weighted by molar-refractivity contribution is 0.188. The van der Waals surface area contributed by atoms with E-state index in [1.165, 1.54) is 11.0 Å². The van der Waals surface area contributed by atoms with Crippen LogP contribution in [-0.2, 0) is 16.4 Å². The van der Waals surface area contributed by atoms with Crippen molar-refractivity contribution >= 4 is 16.1 Å². The highest BCUT2D eigenvalue weighted by Crippen LogP contribution is 2.12. The standard InChI is InChI=1S/C21H26N2O2S/c24-26(25,19-13-21-10-5-2-6-11-21)23-17-15-22(16-18-23)14-7-12-20-8-3-1-4-9-20/h1-6,8-11,13,19H,7,12,14-18H2/b19-13+. The van der Waals surface area contributed by atoms with Gasteiger partial charge in [0.25, 0.3) is 0 Å². The molecule has 0 amide bonds. The highest BCUT2D eigenvalue weighted by atomic mass is 32.2. The van der Waals surface area contributed by atoms with Crippen LogP contribution in [0.2, 0.25) is 0 Å². The predicted molar refractivity (Wildman–Crippen MR) is 107 cm³/mol. The van der Waals surface area contributed by atoms with Crippen LogP contribution >= 0.6 is 0 Å². The van der Waals surface area contributed by atoms with Crippen molar-refractivity contribution < 1.29 is 8.42 Å². The Morgan fingerprint density at radius 3 is 2.12 bits per heavy atom. The topological polar surface area (TPSA) is 40.6 Å². The van der Waals surface area contributed by atoms with Gasteiger partial charge in [0.2, 0.25) is 10.0 Å². The quantitative estimate of drug-likeness (QED) is 0.751. The minimum Gasteiger partial charge on any atom is -0.301 e. The number of sulfonamides is 1. The predicted octanol–water partition coefficient (Wildman–Crippen LogP) is 3.24. The molecule has 2 aromatic rings. The Balaban J connectivity index is 1.44. The van der Waals surface area contributed by atoms with Gasteiger partial charge in [-0.15, -0.1) is 0 Å². The summed E-state index contributed by atoms with van der Waals surface area (Å²) in [5.41, 5.74) is 2.26. The molecule has 5 heteroatoms. The van der Waals surface area contributed by atoms with Crippen molar-refractivity contribution in [3.63, 3.8) is 0 Å². The molecule has 2 aromatic carbocycles. The van der Waals surface area contributed by atoms with Crippen molar-refractivity contribution in [3.05, 3.63) is 77.2 Å². The lowest BCUT2D eigenvalue weighted by Gasteiger charge is -2.33. The summed E-state index contributed by atoms with van der Waals surface area (Å²) in [6.45, 7) is 3.74. The van der Waals surface area contributed by atoms with Crippen molar-refractivity contribution in [2.24, 2.45) is 0 Å². The first-order chi connectivity index (χ1) is 12.6. The maximum atomic E-state index is 12.5. The number of piperazine rings is 1. The number of hydrogen-bond acceptors (Lipinski definition) is 3. The summed E-state index contributed by atoms with van der Waals surface area (Å²) in [6.07, 6.45) is 3.84. The van der Waals surface area contributed by atoms with Gasteiger partial charge in [-0.2, -0.15) is 4.31 Å². The minimum atomic E-state index is -3.34. The molecule has 0 atom stereocenters. The molecule has 1 heterocycles. The molecule has 1 aliphatic rings. The third-order valence-corrected chi connectivity index (χ3v) is 6.27. The van der Waals surface area contributed by atoms with E-state index in [0.717, 1.165) is 38.0 Å². The molecule has 0 saturated carbocycles. The second kappa shape index (κ2) is 9.12. The van der Waals surface area contributed by atoms with E-state index in [0.29, 0.717) is 13.1 Å². The fourth-order valence-corrected chi connectivity index (χ4v) is 4.35. The Labute approximate surface area is 156 Å². The van der Waals surface area contributed by atoms with E-state index in [4.69, 9.17) is 0 Å². The zero-order chi connectivity index (χ0) is 18.2. The van der Waals surface area contributed by atoms with Crippen molar-refractivity contribution in [1.82, 2.24) is 9.21 Å². The maximum Gasteiger partial charge on any atom is 0.236 e. The van der Waals surface area contributed by atoms with Gasteiger partial charge in [-0.1, -0.05) is 60.7 Å². The van der Waals surface area contributed by atoms with Crippen LogP contribution in [0.3, 0.4) is 0 Å². The van der Waals surface area contributed by atoms with Gasteiger partial charge in [0.05, 0.1) is 0 Å². The van der Waals surface area contributed by atoms with Crippen LogP contribution in [0.1, 0.15) is 17.5 Å². The summed E-state index contributed by atoms with van der Waals surface area (Å²) in [4.78, 5) is 2.36. The number of benzene rings is 2. The average molecular weight is 371 g/mol. The molecule has 138 valence electrons. The van der Waals surface area contributed by atoms with Gasteiger partial charge in [0.15, 0.2) is 0 Å². The average Bonchev–Trinajstić information content (AvgIpc) is 2.69. The molecule has 1 fully saturated rings. The third-order valence-electron chi connectivity index (χ3n) is 4.71. The van der Waals surface area contributed by atoms with E-state index in [1.807, 2.05) is 36.4 Å². The first-order valence-electron chi connectivity index (χ1n) is 9.13. The van der Waals surface area contributed by atoms with E-state index >= 15 is 0 Å². The van der Waals surface area contributed by atoms with E-state index in [9.17, 15) is 8.42 Å². The molecule has 0 aromatic heterocycles. The zero-order valence-corrected chi connectivity index (χ0v) is 15.8. The highest BCUT2D eigenvalue weighted by Gasteiger charge is 2.24. The summed E-state index contributed by atoms with van der Waals surface area (Å²) in [7, 11) is -3.34. The summed E-state index contributed by atoms with van der Waals surface area (Å²) >= 11 is 0. The molecule has 0 N–H and O–H groups in total. The normalized spacial score (nSPS) is 16.9. The summed E-state index contributed by atoms with van der Waals surface area (Å²) < 4.78 is 26.6. The van der Waals surface area contributed by atoms with Crippen LogP contribution in [-0.4, -0.2) is 50.3 Å². The number of rotatable bonds is 7. The lowest BCUT2D eigenvalue weighted by atomic mass is 10.1. The molecule has 3 rings (SSSR count). The number of aryl methyl sites for hydroxylation is 1. The van der Waals surface area contributed by atoms with Gasteiger partial charge in [0.1, 0.15) is 0 Å². The maximum absolute atomic E-state index is 12.5. The first kappa shape index (κ1) is 18.8. The molecule has 0 unspecified atom stereocenters. The molecule has 4 nitrogen and oxygen atoms in total. The van der Waals surface area contributed by atoms with E-state index < -0.39 is 10.0 Å². The summed E-state index contributed by atoms with van der Waals surface area (Å²) in [6, 6.07) is 20.0. The zero-order valence-electron chi connectivity index (χ0n) is 15.0. The molecule has 0 spiro atoms. The molecule has 1 saturated heterocycles. The molecule has 26 heavy (non-hydrogen) atoms. The van der Waals surface area contributed by atoms with Gasteiger partial charge >= 0.3 is 0 Å². The van der Waals surface area contributed by atoms with Gasteiger partial charge in [0, 0.05) is 31.6 Å². The highest BCUT2D eigenvalue weighted by molar-refractivity contribution is 7.92. The van der Waals surface area contributed by atoms with Crippen LogP contribution < -0.4 is 0 Å². The van der Waals surface area contributed by atoms with Gasteiger partial charge in [-0.3, -0.25) is 0 Å². The Bertz CT molecular complexity index is 796. The Kier molecular flexibility index (Phi) is 6.61. The van der Waals surface area contributed by atoms with E-state index in [-0.39, 0.29) is 0 Å². The SMILES string of the molecule is O=S(=O)(/C=C/c1ccccc1)N1CCN(CCCc2ccccc2)CC1. The minimum absolute atomic E-state index is 0.562. The van der Waals surface area contributed by atoms with Gasteiger partial charge < -0.3 is 4.90 Å². The molecular weight excluding hydrogens is 344 g/mol. The fourth-order valence-electron chi connectivity index (χ4n) is 3.17. The Morgan fingerprint density at radius 1 is 0.846 bits per heavy atom. The second-order valence-electron chi connectivity index (χ2n) is 6.59. The van der Waals surface area contributed by atoms with Crippen LogP contribution in [0.4, 0.5) is 0 Å². The number of nitrogens with zero attached hydrogens (tertiary/aromatic N) is 2. The fraction of sp³-hybridized carbons (Fsp3) is 0.333. The molecule has 0 aliphatic carbocycles. The third kappa shape index (κ3) is 5.53.